The van der Waals surface area contributed by atoms with E-state index in [-0.39, 0.29) is 5.91 Å². The number of rotatable bonds is 4. The Morgan fingerprint density at radius 1 is 1.08 bits per heavy atom. The van der Waals surface area contributed by atoms with Gasteiger partial charge < -0.3 is 10.1 Å². The molecular weight excluding hydrogens is 348 g/mol. The Balaban J connectivity index is 1.85. The molecule has 0 bridgehead atoms. The molecule has 3 aromatic carbocycles. The summed E-state index contributed by atoms with van der Waals surface area (Å²) in [6.45, 7) is 1.97. The van der Waals surface area contributed by atoms with Crippen LogP contribution in [0.2, 0.25) is 5.02 Å². The molecule has 0 fully saturated rings. The van der Waals surface area contributed by atoms with E-state index in [1.54, 1.807) is 42.5 Å². The van der Waals surface area contributed by atoms with Crippen molar-refractivity contribution in [1.82, 2.24) is 0 Å². The summed E-state index contributed by atoms with van der Waals surface area (Å²) >= 11 is 6.07. The Morgan fingerprint density at radius 3 is 2.54 bits per heavy atom. The molecule has 0 aliphatic rings. The van der Waals surface area contributed by atoms with E-state index in [0.717, 1.165) is 5.56 Å². The molecule has 1 N–H and O–H groups in total. The third-order valence-electron chi connectivity index (χ3n) is 3.68. The van der Waals surface area contributed by atoms with Gasteiger partial charge in [0.1, 0.15) is 5.75 Å². The Labute approximate surface area is 156 Å². The van der Waals surface area contributed by atoms with Crippen LogP contribution in [0.4, 0.5) is 5.69 Å². The highest BCUT2D eigenvalue weighted by molar-refractivity contribution is 6.31. The van der Waals surface area contributed by atoms with Crippen LogP contribution in [0.5, 0.6) is 11.5 Å². The molecular formula is C21H15ClN2O2. The van der Waals surface area contributed by atoms with E-state index in [4.69, 9.17) is 21.6 Å². The number of nitrogens with zero attached hydrogens (tertiary/aromatic N) is 1. The highest BCUT2D eigenvalue weighted by Crippen LogP contribution is 2.32. The lowest BCUT2D eigenvalue weighted by Crippen LogP contribution is -2.12. The van der Waals surface area contributed by atoms with Gasteiger partial charge in [-0.05, 0) is 67.1 Å². The smallest absolute Gasteiger partial charge is 0.255 e. The van der Waals surface area contributed by atoms with Gasteiger partial charge in [0.15, 0.2) is 5.75 Å². The summed E-state index contributed by atoms with van der Waals surface area (Å²) in [5, 5.41) is 12.1. The summed E-state index contributed by atoms with van der Waals surface area (Å²) in [5.74, 6) is 0.842. The molecule has 3 rings (SSSR count). The van der Waals surface area contributed by atoms with Gasteiger partial charge in [0.25, 0.3) is 5.91 Å². The highest BCUT2D eigenvalue weighted by atomic mass is 35.5. The second-order valence-electron chi connectivity index (χ2n) is 5.70. The largest absolute Gasteiger partial charge is 0.455 e. The topological polar surface area (TPSA) is 62.1 Å². The Kier molecular flexibility index (Phi) is 5.21. The van der Waals surface area contributed by atoms with Gasteiger partial charge in [-0.15, -0.1) is 0 Å². The van der Waals surface area contributed by atoms with Crippen molar-refractivity contribution in [2.24, 2.45) is 0 Å². The lowest BCUT2D eigenvalue weighted by Gasteiger charge is -2.13. The first-order valence-electron chi connectivity index (χ1n) is 7.91. The summed E-state index contributed by atoms with van der Waals surface area (Å²) in [7, 11) is 0. The number of hydrogen-bond donors (Lipinski definition) is 1. The van der Waals surface area contributed by atoms with Crippen molar-refractivity contribution in [3.8, 4) is 17.6 Å². The lowest BCUT2D eigenvalue weighted by molar-refractivity contribution is 0.102. The normalized spacial score (nSPS) is 10.0. The zero-order valence-electron chi connectivity index (χ0n) is 14.0. The van der Waals surface area contributed by atoms with Gasteiger partial charge in [0.2, 0.25) is 0 Å². The number of carbonyl (C=O) groups excluding carboxylic acids is 1. The third-order valence-corrected chi connectivity index (χ3v) is 3.92. The second-order valence-corrected chi connectivity index (χ2v) is 6.14. The fourth-order valence-electron chi connectivity index (χ4n) is 2.39. The van der Waals surface area contributed by atoms with Crippen molar-refractivity contribution in [3.63, 3.8) is 0 Å². The summed E-state index contributed by atoms with van der Waals surface area (Å²) in [5.41, 5.74) is 2.46. The van der Waals surface area contributed by atoms with Crippen LogP contribution in [-0.4, -0.2) is 5.91 Å². The van der Waals surface area contributed by atoms with Gasteiger partial charge in [-0.3, -0.25) is 4.79 Å². The van der Waals surface area contributed by atoms with Crippen molar-refractivity contribution in [3.05, 3.63) is 88.4 Å². The maximum absolute atomic E-state index is 12.5. The summed E-state index contributed by atoms with van der Waals surface area (Å²) in [6.07, 6.45) is 0. The molecule has 0 saturated carbocycles. The van der Waals surface area contributed by atoms with E-state index in [2.05, 4.69) is 5.32 Å². The van der Waals surface area contributed by atoms with Gasteiger partial charge in [-0.1, -0.05) is 23.7 Å². The van der Waals surface area contributed by atoms with Crippen molar-refractivity contribution < 1.29 is 9.53 Å². The average molecular weight is 363 g/mol. The summed E-state index contributed by atoms with van der Waals surface area (Å²) < 4.78 is 5.90. The van der Waals surface area contributed by atoms with E-state index >= 15 is 0 Å². The van der Waals surface area contributed by atoms with Crippen molar-refractivity contribution in [2.75, 3.05) is 5.32 Å². The average Bonchev–Trinajstić information content (AvgIpc) is 2.64. The van der Waals surface area contributed by atoms with Crippen LogP contribution in [-0.2, 0) is 0 Å². The predicted octanol–water partition coefficient (Wildman–Crippen LogP) is 5.56. The van der Waals surface area contributed by atoms with E-state index in [0.29, 0.717) is 33.3 Å². The Hall–Kier alpha value is -3.29. The molecule has 26 heavy (non-hydrogen) atoms. The van der Waals surface area contributed by atoms with Crippen LogP contribution in [0, 0.1) is 18.3 Å². The maximum atomic E-state index is 12.5. The second kappa shape index (κ2) is 7.73. The molecule has 128 valence electrons. The number of anilines is 1. The zero-order chi connectivity index (χ0) is 18.5. The molecule has 5 heteroatoms. The summed E-state index contributed by atoms with van der Waals surface area (Å²) in [6, 6.07) is 21.1. The number of ether oxygens (including phenoxy) is 1. The van der Waals surface area contributed by atoms with Crippen molar-refractivity contribution in [2.45, 2.75) is 6.92 Å². The molecule has 0 heterocycles. The van der Waals surface area contributed by atoms with Crippen LogP contribution in [0.25, 0.3) is 0 Å². The number of hydrogen-bond acceptors (Lipinski definition) is 3. The minimum Gasteiger partial charge on any atom is -0.455 e. The fourth-order valence-corrected chi connectivity index (χ4v) is 2.56. The van der Waals surface area contributed by atoms with Gasteiger partial charge >= 0.3 is 0 Å². The quantitative estimate of drug-likeness (QED) is 0.660. The molecule has 0 aliphatic heterocycles. The third kappa shape index (κ3) is 4.21. The number of carbonyl (C=O) groups is 1. The fraction of sp³-hybridized carbons (Fsp3) is 0.0476. The SMILES string of the molecule is Cc1cccc(Oc2ccc(Cl)cc2NC(=O)c2ccc(C#N)cc2)c1. The number of aryl methyl sites for hydroxylation is 1. The number of halogens is 1. The van der Waals surface area contributed by atoms with Gasteiger partial charge in [-0.25, -0.2) is 0 Å². The minimum atomic E-state index is -0.314. The molecule has 4 nitrogen and oxygen atoms in total. The standard InChI is InChI=1S/C21H15ClN2O2/c1-14-3-2-4-18(11-14)26-20-10-9-17(22)12-19(20)24-21(25)16-7-5-15(13-23)6-8-16/h2-12H,1H3,(H,24,25). The first-order chi connectivity index (χ1) is 12.5. The van der Waals surface area contributed by atoms with E-state index in [1.165, 1.54) is 0 Å². The molecule has 0 aliphatic carbocycles. The van der Waals surface area contributed by atoms with Crippen molar-refractivity contribution >= 4 is 23.2 Å². The zero-order valence-corrected chi connectivity index (χ0v) is 14.7. The number of nitrogens with one attached hydrogen (secondary N) is 1. The van der Waals surface area contributed by atoms with Gasteiger partial charge in [-0.2, -0.15) is 5.26 Å². The van der Waals surface area contributed by atoms with Crippen LogP contribution in [0.1, 0.15) is 21.5 Å². The maximum Gasteiger partial charge on any atom is 0.255 e. The predicted molar refractivity (Wildman–Crippen MR) is 102 cm³/mol. The van der Waals surface area contributed by atoms with Crippen LogP contribution in [0.15, 0.2) is 66.7 Å². The van der Waals surface area contributed by atoms with Crippen LogP contribution < -0.4 is 10.1 Å². The Morgan fingerprint density at radius 2 is 1.85 bits per heavy atom. The number of benzene rings is 3. The number of nitriles is 1. The van der Waals surface area contributed by atoms with E-state index < -0.39 is 0 Å². The highest BCUT2D eigenvalue weighted by Gasteiger charge is 2.12. The summed E-state index contributed by atoms with van der Waals surface area (Å²) in [4.78, 5) is 12.5. The van der Waals surface area contributed by atoms with Gasteiger partial charge in [0, 0.05) is 10.6 Å². The monoisotopic (exact) mass is 362 g/mol. The van der Waals surface area contributed by atoms with Crippen LogP contribution >= 0.6 is 11.6 Å². The van der Waals surface area contributed by atoms with Crippen molar-refractivity contribution in [1.29, 1.82) is 5.26 Å². The van der Waals surface area contributed by atoms with E-state index in [9.17, 15) is 4.79 Å². The van der Waals surface area contributed by atoms with Gasteiger partial charge in [0.05, 0.1) is 17.3 Å². The lowest BCUT2D eigenvalue weighted by atomic mass is 10.1. The molecule has 1 amide bonds. The van der Waals surface area contributed by atoms with Crippen LogP contribution in [0.3, 0.4) is 0 Å². The first-order valence-corrected chi connectivity index (χ1v) is 8.28. The molecule has 0 atom stereocenters. The molecule has 0 saturated heterocycles. The molecule has 0 spiro atoms. The first kappa shape index (κ1) is 17.5. The minimum absolute atomic E-state index is 0.314. The number of amides is 1. The molecule has 0 unspecified atom stereocenters. The molecule has 3 aromatic rings. The van der Waals surface area contributed by atoms with E-state index in [1.807, 2.05) is 37.3 Å². The molecule has 0 radical (unpaired) electrons. The Bertz CT molecular complexity index is 992. The molecule has 0 aromatic heterocycles.